The Hall–Kier alpha value is -1.55. The van der Waals surface area contributed by atoms with Gasteiger partial charge in [0.1, 0.15) is 11.6 Å². The third-order valence-electron chi connectivity index (χ3n) is 2.93. The van der Waals surface area contributed by atoms with E-state index in [1.807, 2.05) is 13.0 Å². The Kier molecular flexibility index (Phi) is 4.10. The first-order valence-electron chi connectivity index (χ1n) is 5.71. The summed E-state index contributed by atoms with van der Waals surface area (Å²) in [7, 11) is 0. The number of hydrogen-bond acceptors (Lipinski definition) is 1. The maximum atomic E-state index is 13.5. The number of rotatable bonds is 3. The predicted molar refractivity (Wildman–Crippen MR) is 73.3 cm³/mol. The van der Waals surface area contributed by atoms with Gasteiger partial charge in [-0.2, -0.15) is 0 Å². The summed E-state index contributed by atoms with van der Waals surface area (Å²) in [5.74, 6) is -1.53. The minimum Gasteiger partial charge on any atom is -0.294 e. The molecule has 1 nitrogen and oxygen atoms in total. The summed E-state index contributed by atoms with van der Waals surface area (Å²) < 4.78 is 27.1. The first-order chi connectivity index (χ1) is 8.99. The van der Waals surface area contributed by atoms with Crippen LogP contribution in [0.25, 0.3) is 0 Å². The molecule has 0 saturated carbocycles. The molecule has 0 radical (unpaired) electrons. The van der Waals surface area contributed by atoms with E-state index in [2.05, 4.69) is 15.9 Å². The number of hydrogen-bond donors (Lipinski definition) is 0. The van der Waals surface area contributed by atoms with Crippen molar-refractivity contribution >= 4 is 21.7 Å². The van der Waals surface area contributed by atoms with Crippen LogP contribution >= 0.6 is 15.9 Å². The molecule has 0 atom stereocenters. The second-order valence-electron chi connectivity index (χ2n) is 4.25. The molecule has 0 aliphatic rings. The summed E-state index contributed by atoms with van der Waals surface area (Å²) in [4.78, 5) is 12.1. The third-order valence-corrected chi connectivity index (χ3v) is 3.79. The Bertz CT molecular complexity index is 638. The molecule has 0 saturated heterocycles. The fourth-order valence-electron chi connectivity index (χ4n) is 1.84. The zero-order valence-corrected chi connectivity index (χ0v) is 11.8. The lowest BCUT2D eigenvalue weighted by atomic mass is 9.99. The van der Waals surface area contributed by atoms with Crippen LogP contribution in [0.5, 0.6) is 0 Å². The van der Waals surface area contributed by atoms with Gasteiger partial charge in [-0.3, -0.25) is 4.79 Å². The average molecular weight is 325 g/mol. The lowest BCUT2D eigenvalue weighted by Crippen LogP contribution is -2.07. The second kappa shape index (κ2) is 5.61. The van der Waals surface area contributed by atoms with E-state index in [0.717, 1.165) is 22.2 Å². The molecule has 0 fully saturated rings. The smallest absolute Gasteiger partial charge is 0.167 e. The van der Waals surface area contributed by atoms with Gasteiger partial charge in [-0.1, -0.05) is 34.1 Å². The van der Waals surface area contributed by atoms with Gasteiger partial charge < -0.3 is 0 Å². The van der Waals surface area contributed by atoms with Crippen molar-refractivity contribution in [2.45, 2.75) is 13.3 Å². The quantitative estimate of drug-likeness (QED) is 0.762. The topological polar surface area (TPSA) is 17.1 Å². The van der Waals surface area contributed by atoms with Gasteiger partial charge >= 0.3 is 0 Å². The van der Waals surface area contributed by atoms with Gasteiger partial charge in [0, 0.05) is 22.5 Å². The monoisotopic (exact) mass is 324 g/mol. The fourth-order valence-corrected chi connectivity index (χ4v) is 2.21. The van der Waals surface area contributed by atoms with Crippen molar-refractivity contribution in [3.8, 4) is 0 Å². The normalized spacial score (nSPS) is 10.5. The number of halogens is 3. The van der Waals surface area contributed by atoms with E-state index in [-0.39, 0.29) is 17.8 Å². The van der Waals surface area contributed by atoms with E-state index in [9.17, 15) is 13.6 Å². The zero-order valence-electron chi connectivity index (χ0n) is 10.2. The van der Waals surface area contributed by atoms with Gasteiger partial charge in [-0.25, -0.2) is 8.78 Å². The summed E-state index contributed by atoms with van der Waals surface area (Å²) in [6.07, 6.45) is -0.0800. The first kappa shape index (κ1) is 13.9. The van der Waals surface area contributed by atoms with Crippen LogP contribution in [0.4, 0.5) is 8.78 Å². The Balaban J connectivity index is 2.28. The van der Waals surface area contributed by atoms with Gasteiger partial charge in [0.25, 0.3) is 0 Å². The van der Waals surface area contributed by atoms with Crippen LogP contribution in [-0.4, -0.2) is 5.78 Å². The van der Waals surface area contributed by atoms with Gasteiger partial charge in [-0.15, -0.1) is 0 Å². The average Bonchev–Trinajstić information content (AvgIpc) is 2.36. The maximum Gasteiger partial charge on any atom is 0.167 e. The van der Waals surface area contributed by atoms with Crippen LogP contribution in [0.2, 0.25) is 0 Å². The van der Waals surface area contributed by atoms with Crippen LogP contribution in [-0.2, 0) is 6.42 Å². The lowest BCUT2D eigenvalue weighted by Gasteiger charge is -2.07. The number of carbonyl (C=O) groups excluding carboxylic acids is 1. The lowest BCUT2D eigenvalue weighted by molar-refractivity contribution is 0.0991. The van der Waals surface area contributed by atoms with Crippen molar-refractivity contribution in [2.24, 2.45) is 0 Å². The molecular formula is C15H11BrF2O. The van der Waals surface area contributed by atoms with Gasteiger partial charge in [-0.05, 0) is 30.2 Å². The molecule has 0 N–H and O–H groups in total. The molecule has 0 heterocycles. The van der Waals surface area contributed by atoms with Gasteiger partial charge in [0.15, 0.2) is 5.78 Å². The minimum atomic E-state index is -0.694. The number of carbonyl (C=O) groups is 1. The molecule has 0 unspecified atom stereocenters. The summed E-state index contributed by atoms with van der Waals surface area (Å²) in [5.41, 5.74) is 1.55. The van der Waals surface area contributed by atoms with Crippen LogP contribution < -0.4 is 0 Å². The number of Topliss-reactive ketones (excluding diaryl/α,β-unsaturated/α-hetero) is 1. The van der Waals surface area contributed by atoms with Crippen molar-refractivity contribution in [2.75, 3.05) is 0 Å². The Morgan fingerprint density at radius 2 is 1.95 bits per heavy atom. The summed E-state index contributed by atoms with van der Waals surface area (Å²) in [6.45, 7) is 1.82. The summed E-state index contributed by atoms with van der Waals surface area (Å²) >= 11 is 3.35. The van der Waals surface area contributed by atoms with Crippen LogP contribution in [0.3, 0.4) is 0 Å². The summed E-state index contributed by atoms with van der Waals surface area (Å²) in [6, 6.07) is 8.53. The van der Waals surface area contributed by atoms with E-state index in [0.29, 0.717) is 5.56 Å². The molecule has 0 amide bonds. The first-order valence-corrected chi connectivity index (χ1v) is 6.50. The largest absolute Gasteiger partial charge is 0.294 e. The van der Waals surface area contributed by atoms with Crippen molar-refractivity contribution < 1.29 is 13.6 Å². The standard InChI is InChI=1S/C15H11BrF2O/c1-9-12(3-2-4-13(9)16)15(19)7-10-5-6-11(17)8-14(10)18/h2-6,8H,7H2,1H3. The highest BCUT2D eigenvalue weighted by Crippen LogP contribution is 2.21. The number of benzene rings is 2. The van der Waals surface area contributed by atoms with Crippen molar-refractivity contribution in [3.05, 3.63) is 69.2 Å². The minimum absolute atomic E-state index is 0.0800. The highest BCUT2D eigenvalue weighted by Gasteiger charge is 2.14. The highest BCUT2D eigenvalue weighted by molar-refractivity contribution is 9.10. The zero-order chi connectivity index (χ0) is 14.0. The van der Waals surface area contributed by atoms with Crippen molar-refractivity contribution in [1.82, 2.24) is 0 Å². The number of ketones is 1. The molecule has 98 valence electrons. The van der Waals surface area contributed by atoms with Crippen LogP contribution in [0.15, 0.2) is 40.9 Å². The molecule has 0 aliphatic carbocycles. The molecule has 0 spiro atoms. The van der Waals surface area contributed by atoms with E-state index >= 15 is 0 Å². The Labute approximate surface area is 118 Å². The van der Waals surface area contributed by atoms with Gasteiger partial charge in [0.05, 0.1) is 0 Å². The Morgan fingerprint density at radius 1 is 1.21 bits per heavy atom. The van der Waals surface area contributed by atoms with E-state index in [1.54, 1.807) is 12.1 Å². The maximum absolute atomic E-state index is 13.5. The molecule has 2 aromatic rings. The molecule has 0 aliphatic heterocycles. The second-order valence-corrected chi connectivity index (χ2v) is 5.10. The molecule has 19 heavy (non-hydrogen) atoms. The van der Waals surface area contributed by atoms with Crippen molar-refractivity contribution in [1.29, 1.82) is 0 Å². The van der Waals surface area contributed by atoms with Crippen molar-refractivity contribution in [3.63, 3.8) is 0 Å². The molecule has 2 rings (SSSR count). The third kappa shape index (κ3) is 3.07. The molecular weight excluding hydrogens is 314 g/mol. The molecule has 0 aromatic heterocycles. The Morgan fingerprint density at radius 3 is 2.63 bits per heavy atom. The van der Waals surface area contributed by atoms with E-state index in [1.165, 1.54) is 6.07 Å². The fraction of sp³-hybridized carbons (Fsp3) is 0.133. The highest BCUT2D eigenvalue weighted by atomic mass is 79.9. The van der Waals surface area contributed by atoms with E-state index < -0.39 is 11.6 Å². The van der Waals surface area contributed by atoms with Crippen LogP contribution in [0, 0.1) is 18.6 Å². The van der Waals surface area contributed by atoms with Crippen LogP contribution in [0.1, 0.15) is 21.5 Å². The predicted octanol–water partition coefficient (Wildman–Crippen LogP) is 4.46. The SMILES string of the molecule is Cc1c(Br)cccc1C(=O)Cc1ccc(F)cc1F. The molecule has 2 aromatic carbocycles. The van der Waals surface area contributed by atoms with E-state index in [4.69, 9.17) is 0 Å². The molecule has 0 bridgehead atoms. The molecule has 4 heteroatoms. The summed E-state index contributed by atoms with van der Waals surface area (Å²) in [5, 5.41) is 0. The van der Waals surface area contributed by atoms with Gasteiger partial charge in [0.2, 0.25) is 0 Å².